The number of carbonyl (C=O) groups is 5. The average Bonchev–Trinajstić information content (AvgIpc) is 3.56. The molecule has 0 bridgehead atoms. The van der Waals surface area contributed by atoms with Crippen LogP contribution in [0.1, 0.15) is 56.1 Å². The van der Waals surface area contributed by atoms with Crippen molar-refractivity contribution in [3.8, 4) is 0 Å². The molecule has 0 spiro atoms. The number of hydrogen-bond acceptors (Lipinski definition) is 12. The van der Waals surface area contributed by atoms with Crippen molar-refractivity contribution in [3.63, 3.8) is 0 Å². The summed E-state index contributed by atoms with van der Waals surface area (Å²) in [4.78, 5) is 93.4. The van der Waals surface area contributed by atoms with E-state index in [9.17, 15) is 53.5 Å². The summed E-state index contributed by atoms with van der Waals surface area (Å²) in [6.07, 6.45) is 0.506. The Hall–Kier alpha value is -5.46. The van der Waals surface area contributed by atoms with Crippen LogP contribution >= 0.6 is 7.60 Å². The van der Waals surface area contributed by atoms with E-state index >= 15 is 0 Å². The van der Waals surface area contributed by atoms with Crippen molar-refractivity contribution >= 4 is 59.6 Å². The maximum Gasteiger partial charge on any atom is 0.329 e. The van der Waals surface area contributed by atoms with Crippen LogP contribution in [0.15, 0.2) is 41.0 Å². The van der Waals surface area contributed by atoms with Gasteiger partial charge < -0.3 is 41.9 Å². The normalized spacial score (nSPS) is 15.2. The van der Waals surface area contributed by atoms with Gasteiger partial charge in [0.1, 0.15) is 11.6 Å². The SMILES string of the molecule is NC(=O)C[C@H](NC(=O)C1(NC(=O)[C@@H](CC(=O)O)Cc2ccc(CP(=O)(O)O)cc2)CCCCC1)C(=O)NCCNc1ccc([N+](=O)[O-])c2nonc12. The second-order valence-corrected chi connectivity index (χ2v) is 14.2. The van der Waals surface area contributed by atoms with E-state index in [4.69, 9.17) is 5.73 Å². The summed E-state index contributed by atoms with van der Waals surface area (Å²) in [7, 11) is -4.31. The van der Waals surface area contributed by atoms with Crippen molar-refractivity contribution < 1.29 is 53.0 Å². The number of aliphatic carboxylic acids is 1. The van der Waals surface area contributed by atoms with Gasteiger partial charge in [-0.3, -0.25) is 38.7 Å². The summed E-state index contributed by atoms with van der Waals surface area (Å²) in [5.74, 6) is -5.50. The van der Waals surface area contributed by atoms with Crippen molar-refractivity contribution in [2.75, 3.05) is 18.4 Å². The van der Waals surface area contributed by atoms with Gasteiger partial charge in [-0.2, -0.15) is 0 Å². The van der Waals surface area contributed by atoms with Gasteiger partial charge in [0.15, 0.2) is 5.52 Å². The van der Waals surface area contributed by atoms with Gasteiger partial charge in [-0.1, -0.05) is 43.5 Å². The Labute approximate surface area is 295 Å². The molecular weight excluding hydrogens is 707 g/mol. The van der Waals surface area contributed by atoms with Crippen molar-refractivity contribution in [2.45, 2.75) is 69.1 Å². The minimum absolute atomic E-state index is 0.0350. The van der Waals surface area contributed by atoms with Crippen LogP contribution < -0.4 is 27.0 Å². The van der Waals surface area contributed by atoms with Crippen LogP contribution in [0.3, 0.4) is 0 Å². The van der Waals surface area contributed by atoms with E-state index < -0.39 is 78.6 Å². The fourth-order valence-corrected chi connectivity index (χ4v) is 6.72. The molecule has 0 saturated heterocycles. The number of anilines is 1. The Morgan fingerprint density at radius 1 is 0.942 bits per heavy atom. The number of rotatable bonds is 18. The molecule has 1 heterocycles. The van der Waals surface area contributed by atoms with Gasteiger partial charge >= 0.3 is 19.3 Å². The molecular formula is C31H39N8O12P. The standard InChI is InChI=1S/C31H39N8O12P/c32-24(40)16-22(29(44)34-13-12-33-21-8-9-23(39(46)47)27-26(21)37-51-38-27)35-30(45)31(10-2-1-3-11-31)36-28(43)20(15-25(41)42)14-18-4-6-19(7-5-18)17-52(48,49)50/h4-9,20,22,33H,1-3,10-17H2,(H2,32,40)(H,34,44)(H,35,45)(H,36,43)(H,41,42)(H2,48,49,50)/t20-,22+/m1/s1. The number of nitrogens with one attached hydrogen (secondary N) is 4. The first-order valence-corrected chi connectivity index (χ1v) is 18.0. The number of non-ortho nitro benzene ring substituents is 1. The summed E-state index contributed by atoms with van der Waals surface area (Å²) in [5.41, 5.74) is 4.81. The van der Waals surface area contributed by atoms with Gasteiger partial charge in [-0.15, -0.1) is 0 Å². The minimum Gasteiger partial charge on any atom is -0.481 e. The summed E-state index contributed by atoms with van der Waals surface area (Å²) in [5, 5.41) is 38.9. The highest BCUT2D eigenvalue weighted by Gasteiger charge is 2.43. The van der Waals surface area contributed by atoms with Crippen LogP contribution in [0, 0.1) is 16.0 Å². The summed E-state index contributed by atoms with van der Waals surface area (Å²) in [6.45, 7) is 0.0485. The Bertz CT molecular complexity index is 1860. The molecule has 1 aliphatic carbocycles. The third-order valence-corrected chi connectivity index (χ3v) is 9.32. The number of nitrogens with two attached hydrogens (primary N) is 1. The van der Waals surface area contributed by atoms with Crippen LogP contribution in [0.5, 0.6) is 0 Å². The molecule has 2 atom stereocenters. The van der Waals surface area contributed by atoms with E-state index in [1.807, 2.05) is 0 Å². The Morgan fingerprint density at radius 2 is 1.60 bits per heavy atom. The first-order chi connectivity index (χ1) is 24.6. The highest BCUT2D eigenvalue weighted by atomic mass is 31.2. The topological polar surface area (TPSA) is 319 Å². The van der Waals surface area contributed by atoms with E-state index in [0.717, 1.165) is 6.42 Å². The lowest BCUT2D eigenvalue weighted by atomic mass is 9.79. The minimum atomic E-state index is -4.31. The molecule has 280 valence electrons. The smallest absolute Gasteiger partial charge is 0.329 e. The lowest BCUT2D eigenvalue weighted by Crippen LogP contribution is -2.63. The molecule has 0 aliphatic heterocycles. The highest BCUT2D eigenvalue weighted by molar-refractivity contribution is 7.50. The van der Waals surface area contributed by atoms with E-state index in [1.165, 1.54) is 36.4 Å². The molecule has 4 amide bonds. The maximum absolute atomic E-state index is 13.9. The average molecular weight is 747 g/mol. The van der Waals surface area contributed by atoms with E-state index in [1.54, 1.807) is 0 Å². The zero-order valence-electron chi connectivity index (χ0n) is 27.8. The number of aromatic nitrogens is 2. The van der Waals surface area contributed by atoms with E-state index in [-0.39, 0.29) is 49.1 Å². The van der Waals surface area contributed by atoms with Gasteiger partial charge in [0, 0.05) is 19.2 Å². The molecule has 20 nitrogen and oxygen atoms in total. The predicted molar refractivity (Wildman–Crippen MR) is 181 cm³/mol. The number of nitro groups is 1. The summed E-state index contributed by atoms with van der Waals surface area (Å²) in [6, 6.07) is 7.21. The molecule has 2 aromatic carbocycles. The molecule has 1 aromatic heterocycles. The Morgan fingerprint density at radius 3 is 2.21 bits per heavy atom. The molecule has 3 aromatic rings. The Kier molecular flexibility index (Phi) is 13.0. The second kappa shape index (κ2) is 17.2. The van der Waals surface area contributed by atoms with Gasteiger partial charge in [-0.25, -0.2) is 4.63 Å². The zero-order chi connectivity index (χ0) is 38.1. The summed E-state index contributed by atoms with van der Waals surface area (Å²) < 4.78 is 16.0. The molecule has 1 fully saturated rings. The number of fused-ring (bicyclic) bond motifs is 1. The third-order valence-electron chi connectivity index (χ3n) is 8.55. The van der Waals surface area contributed by atoms with E-state index in [2.05, 4.69) is 36.2 Å². The molecule has 0 radical (unpaired) electrons. The number of amides is 4. The number of hydrogen-bond donors (Lipinski definition) is 8. The number of primary amides is 1. The monoisotopic (exact) mass is 746 g/mol. The molecule has 9 N–H and O–H groups in total. The van der Waals surface area contributed by atoms with Crippen LogP contribution in [0.2, 0.25) is 0 Å². The lowest BCUT2D eigenvalue weighted by Gasteiger charge is -2.38. The molecule has 1 saturated carbocycles. The van der Waals surface area contributed by atoms with Gasteiger partial charge in [0.25, 0.3) is 0 Å². The maximum atomic E-state index is 13.9. The van der Waals surface area contributed by atoms with E-state index in [0.29, 0.717) is 29.7 Å². The third kappa shape index (κ3) is 10.8. The molecule has 52 heavy (non-hydrogen) atoms. The fourth-order valence-electron chi connectivity index (χ4n) is 6.03. The van der Waals surface area contributed by atoms with Crippen molar-refractivity contribution in [3.05, 3.63) is 57.6 Å². The molecule has 21 heteroatoms. The van der Waals surface area contributed by atoms with Crippen LogP contribution in [0.4, 0.5) is 11.4 Å². The Balaban J connectivity index is 1.42. The van der Waals surface area contributed by atoms with Crippen molar-refractivity contribution in [1.82, 2.24) is 26.3 Å². The fraction of sp³-hybridized carbons (Fsp3) is 0.452. The molecule has 1 aliphatic rings. The van der Waals surface area contributed by atoms with Gasteiger partial charge in [0.2, 0.25) is 29.1 Å². The second-order valence-electron chi connectivity index (χ2n) is 12.5. The van der Waals surface area contributed by atoms with Gasteiger partial charge in [0.05, 0.1) is 35.5 Å². The van der Waals surface area contributed by atoms with Gasteiger partial charge in [-0.05, 0) is 46.8 Å². The number of carbonyl (C=O) groups excluding carboxylic acids is 4. The lowest BCUT2D eigenvalue weighted by molar-refractivity contribution is -0.383. The number of carboxylic acid groups (broad SMARTS) is 1. The molecule has 4 rings (SSSR count). The highest BCUT2D eigenvalue weighted by Crippen LogP contribution is 2.39. The van der Waals surface area contributed by atoms with Crippen molar-refractivity contribution in [1.29, 1.82) is 0 Å². The zero-order valence-corrected chi connectivity index (χ0v) is 28.7. The summed E-state index contributed by atoms with van der Waals surface area (Å²) >= 11 is 0. The quantitative estimate of drug-likeness (QED) is 0.0387. The first kappa shape index (κ1) is 39.3. The number of carboxylic acids is 1. The molecule has 0 unspecified atom stereocenters. The number of nitro benzene ring substituents is 1. The van der Waals surface area contributed by atoms with Crippen LogP contribution in [-0.2, 0) is 41.1 Å². The number of benzene rings is 2. The first-order valence-electron chi connectivity index (χ1n) is 16.2. The largest absolute Gasteiger partial charge is 0.481 e. The van der Waals surface area contributed by atoms with Crippen LogP contribution in [0.25, 0.3) is 11.0 Å². The number of nitrogens with zero attached hydrogens (tertiary/aromatic N) is 3. The van der Waals surface area contributed by atoms with Crippen molar-refractivity contribution in [2.24, 2.45) is 11.7 Å². The van der Waals surface area contributed by atoms with Crippen LogP contribution in [-0.4, -0.2) is 84.4 Å². The predicted octanol–water partition coefficient (Wildman–Crippen LogP) is 0.850.